The lowest BCUT2D eigenvalue weighted by Crippen LogP contribution is -2.33. The maximum Gasteiger partial charge on any atom is 0.0699 e. The Labute approximate surface area is 110 Å². The SMILES string of the molecule is CC(NCC1CCCCO1)c1cc(Br)cs1. The molecule has 0 spiro atoms. The van der Waals surface area contributed by atoms with Crippen molar-refractivity contribution in [2.24, 2.45) is 0 Å². The Balaban J connectivity index is 1.76. The van der Waals surface area contributed by atoms with Crippen LogP contribution < -0.4 is 5.32 Å². The van der Waals surface area contributed by atoms with Crippen LogP contribution >= 0.6 is 27.3 Å². The van der Waals surface area contributed by atoms with E-state index in [9.17, 15) is 0 Å². The van der Waals surface area contributed by atoms with Crippen molar-refractivity contribution in [3.63, 3.8) is 0 Å². The summed E-state index contributed by atoms with van der Waals surface area (Å²) in [5, 5.41) is 5.68. The van der Waals surface area contributed by atoms with E-state index in [4.69, 9.17) is 4.74 Å². The average molecular weight is 304 g/mol. The minimum Gasteiger partial charge on any atom is -0.377 e. The van der Waals surface area contributed by atoms with E-state index in [1.807, 2.05) is 0 Å². The van der Waals surface area contributed by atoms with Crippen molar-refractivity contribution in [2.45, 2.75) is 38.3 Å². The summed E-state index contributed by atoms with van der Waals surface area (Å²) in [5.41, 5.74) is 0. The van der Waals surface area contributed by atoms with E-state index in [0.717, 1.165) is 13.2 Å². The summed E-state index contributed by atoms with van der Waals surface area (Å²) in [5.74, 6) is 0. The van der Waals surface area contributed by atoms with Gasteiger partial charge in [0.25, 0.3) is 0 Å². The third-order valence-corrected chi connectivity index (χ3v) is 4.82. The fraction of sp³-hybridized carbons (Fsp3) is 0.667. The second kappa shape index (κ2) is 6.15. The van der Waals surface area contributed by atoms with Gasteiger partial charge in [0.1, 0.15) is 0 Å². The number of thiophene rings is 1. The second-order valence-corrected chi connectivity index (χ2v) is 6.14. The summed E-state index contributed by atoms with van der Waals surface area (Å²) in [7, 11) is 0. The molecule has 2 rings (SSSR count). The Morgan fingerprint density at radius 3 is 3.12 bits per heavy atom. The summed E-state index contributed by atoms with van der Waals surface area (Å²) >= 11 is 5.28. The molecular formula is C12H18BrNOS. The number of rotatable bonds is 4. The average Bonchev–Trinajstić information content (AvgIpc) is 2.74. The molecule has 2 unspecified atom stereocenters. The van der Waals surface area contributed by atoms with Crippen molar-refractivity contribution in [1.29, 1.82) is 0 Å². The highest BCUT2D eigenvalue weighted by atomic mass is 79.9. The van der Waals surface area contributed by atoms with Gasteiger partial charge in [-0.25, -0.2) is 0 Å². The largest absolute Gasteiger partial charge is 0.377 e. The monoisotopic (exact) mass is 303 g/mol. The molecule has 0 aliphatic carbocycles. The van der Waals surface area contributed by atoms with Crippen LogP contribution in [0.15, 0.2) is 15.9 Å². The molecule has 0 saturated carbocycles. The fourth-order valence-electron chi connectivity index (χ4n) is 1.93. The predicted octanol–water partition coefficient (Wildman–Crippen LogP) is 3.73. The van der Waals surface area contributed by atoms with E-state index in [1.54, 1.807) is 11.3 Å². The minimum atomic E-state index is 0.416. The molecule has 2 heterocycles. The Bertz CT molecular complexity index is 323. The minimum absolute atomic E-state index is 0.416. The number of hydrogen-bond donors (Lipinski definition) is 1. The highest BCUT2D eigenvalue weighted by Crippen LogP contribution is 2.25. The summed E-state index contributed by atoms with van der Waals surface area (Å²) in [6.07, 6.45) is 4.16. The molecule has 1 aromatic heterocycles. The number of hydrogen-bond acceptors (Lipinski definition) is 3. The van der Waals surface area contributed by atoms with E-state index < -0.39 is 0 Å². The van der Waals surface area contributed by atoms with Crippen molar-refractivity contribution in [3.8, 4) is 0 Å². The molecule has 90 valence electrons. The van der Waals surface area contributed by atoms with Crippen molar-refractivity contribution in [2.75, 3.05) is 13.2 Å². The molecule has 0 radical (unpaired) electrons. The maximum atomic E-state index is 5.70. The van der Waals surface area contributed by atoms with Gasteiger partial charge in [0.2, 0.25) is 0 Å². The van der Waals surface area contributed by atoms with Gasteiger partial charge >= 0.3 is 0 Å². The third kappa shape index (κ3) is 3.55. The lowest BCUT2D eigenvalue weighted by molar-refractivity contribution is 0.0157. The molecule has 0 bridgehead atoms. The smallest absolute Gasteiger partial charge is 0.0699 e. The second-order valence-electron chi connectivity index (χ2n) is 4.29. The van der Waals surface area contributed by atoms with Crippen LogP contribution in [-0.4, -0.2) is 19.3 Å². The van der Waals surface area contributed by atoms with Crippen LogP contribution in [0.25, 0.3) is 0 Å². The topological polar surface area (TPSA) is 21.3 Å². The van der Waals surface area contributed by atoms with Gasteiger partial charge in [0.15, 0.2) is 0 Å². The number of nitrogens with one attached hydrogen (secondary N) is 1. The van der Waals surface area contributed by atoms with Crippen molar-refractivity contribution < 1.29 is 4.74 Å². The maximum absolute atomic E-state index is 5.70. The summed E-state index contributed by atoms with van der Waals surface area (Å²) in [6, 6.07) is 2.60. The van der Waals surface area contributed by atoms with Gasteiger partial charge in [0.05, 0.1) is 6.10 Å². The Morgan fingerprint density at radius 1 is 1.62 bits per heavy atom. The molecule has 2 atom stereocenters. The Hall–Kier alpha value is 0.1000. The van der Waals surface area contributed by atoms with Gasteiger partial charge in [-0.1, -0.05) is 0 Å². The third-order valence-electron chi connectivity index (χ3n) is 2.94. The molecule has 4 heteroatoms. The summed E-state index contributed by atoms with van der Waals surface area (Å²) in [6.45, 7) is 4.11. The quantitative estimate of drug-likeness (QED) is 0.915. The van der Waals surface area contributed by atoms with Crippen molar-refractivity contribution in [3.05, 3.63) is 20.8 Å². The highest BCUT2D eigenvalue weighted by molar-refractivity contribution is 9.10. The predicted molar refractivity (Wildman–Crippen MR) is 72.0 cm³/mol. The van der Waals surface area contributed by atoms with Gasteiger partial charge < -0.3 is 10.1 Å². The normalized spacial score (nSPS) is 23.2. The number of halogens is 1. The summed E-state index contributed by atoms with van der Waals surface area (Å²) < 4.78 is 6.88. The molecule has 2 nitrogen and oxygen atoms in total. The number of ether oxygens (including phenoxy) is 1. The molecule has 1 fully saturated rings. The molecule has 1 aliphatic rings. The van der Waals surface area contributed by atoms with Crippen LogP contribution in [0.1, 0.15) is 37.1 Å². The van der Waals surface area contributed by atoms with Crippen molar-refractivity contribution >= 4 is 27.3 Å². The Morgan fingerprint density at radius 2 is 2.50 bits per heavy atom. The Kier molecular flexibility index (Phi) is 4.82. The van der Waals surface area contributed by atoms with E-state index in [0.29, 0.717) is 12.1 Å². The first-order valence-corrected chi connectivity index (χ1v) is 7.52. The van der Waals surface area contributed by atoms with Crippen LogP contribution in [0.2, 0.25) is 0 Å². The van der Waals surface area contributed by atoms with Gasteiger partial charge in [-0.3, -0.25) is 0 Å². The molecular weight excluding hydrogens is 286 g/mol. The molecule has 1 saturated heterocycles. The van der Waals surface area contributed by atoms with Gasteiger partial charge in [-0.15, -0.1) is 11.3 Å². The van der Waals surface area contributed by atoms with E-state index in [-0.39, 0.29) is 0 Å². The lowest BCUT2D eigenvalue weighted by Gasteiger charge is -2.24. The van der Waals surface area contributed by atoms with Crippen LogP contribution in [0.4, 0.5) is 0 Å². The zero-order valence-corrected chi connectivity index (χ0v) is 11.9. The van der Waals surface area contributed by atoms with Gasteiger partial charge in [-0.05, 0) is 48.2 Å². The first-order chi connectivity index (χ1) is 7.75. The highest BCUT2D eigenvalue weighted by Gasteiger charge is 2.15. The molecule has 16 heavy (non-hydrogen) atoms. The molecule has 0 aromatic carbocycles. The van der Waals surface area contributed by atoms with Crippen LogP contribution in [0, 0.1) is 0 Å². The first-order valence-electron chi connectivity index (χ1n) is 5.84. The van der Waals surface area contributed by atoms with Gasteiger partial charge in [-0.2, -0.15) is 0 Å². The lowest BCUT2D eigenvalue weighted by atomic mass is 10.1. The molecule has 0 amide bonds. The van der Waals surface area contributed by atoms with Crippen LogP contribution in [-0.2, 0) is 4.74 Å². The van der Waals surface area contributed by atoms with Crippen LogP contribution in [0.5, 0.6) is 0 Å². The molecule has 1 N–H and O–H groups in total. The van der Waals surface area contributed by atoms with Gasteiger partial charge in [0, 0.05) is 33.9 Å². The first kappa shape index (κ1) is 12.6. The van der Waals surface area contributed by atoms with E-state index >= 15 is 0 Å². The zero-order valence-electron chi connectivity index (χ0n) is 9.54. The van der Waals surface area contributed by atoms with Crippen molar-refractivity contribution in [1.82, 2.24) is 5.32 Å². The molecule has 1 aliphatic heterocycles. The summed E-state index contributed by atoms with van der Waals surface area (Å²) in [4.78, 5) is 1.38. The molecule has 1 aromatic rings. The standard InChI is InChI=1S/C12H18BrNOS/c1-9(12-6-10(13)8-16-12)14-7-11-4-2-3-5-15-11/h6,8-9,11,14H,2-5,7H2,1H3. The fourth-order valence-corrected chi connectivity index (χ4v) is 3.41. The van der Waals surface area contributed by atoms with E-state index in [1.165, 1.54) is 28.6 Å². The van der Waals surface area contributed by atoms with E-state index in [2.05, 4.69) is 39.6 Å². The van der Waals surface area contributed by atoms with Crippen LogP contribution in [0.3, 0.4) is 0 Å². The zero-order chi connectivity index (χ0) is 11.4.